The Morgan fingerprint density at radius 1 is 1.33 bits per heavy atom. The van der Waals surface area contributed by atoms with Gasteiger partial charge in [-0.2, -0.15) is 0 Å². The van der Waals surface area contributed by atoms with Gasteiger partial charge in [0.1, 0.15) is 5.82 Å². The molecule has 0 bridgehead atoms. The number of hydrogen-bond donors (Lipinski definition) is 1. The maximum Gasteiger partial charge on any atom is 0.256 e. The molecule has 0 aliphatic heterocycles. The summed E-state index contributed by atoms with van der Waals surface area (Å²) in [5.74, 6) is -1.96. The summed E-state index contributed by atoms with van der Waals surface area (Å²) >= 11 is 6.51. The third-order valence-corrected chi connectivity index (χ3v) is 4.49. The highest BCUT2D eigenvalue weighted by Crippen LogP contribution is 2.27. The van der Waals surface area contributed by atoms with Gasteiger partial charge in [-0.25, -0.2) is 8.78 Å². The van der Waals surface area contributed by atoms with Crippen LogP contribution in [0.2, 0.25) is 0 Å². The lowest BCUT2D eigenvalue weighted by Gasteiger charge is -2.07. The molecule has 0 aliphatic rings. The Morgan fingerprint density at radius 2 is 2.06 bits per heavy atom. The molecule has 0 radical (unpaired) electrons. The summed E-state index contributed by atoms with van der Waals surface area (Å²) in [6.45, 7) is 0. The van der Waals surface area contributed by atoms with E-state index < -0.39 is 17.5 Å². The molecule has 1 heterocycles. The minimum atomic E-state index is -0.819. The number of amides is 1. The van der Waals surface area contributed by atoms with Gasteiger partial charge in [-0.05, 0) is 50.7 Å². The molecule has 2 aromatic rings. The zero-order valence-corrected chi connectivity index (χ0v) is 13.2. The highest BCUT2D eigenvalue weighted by atomic mass is 127. The van der Waals surface area contributed by atoms with Crippen LogP contribution < -0.4 is 5.32 Å². The van der Waals surface area contributed by atoms with E-state index in [1.54, 1.807) is 11.4 Å². The Morgan fingerprint density at radius 3 is 2.61 bits per heavy atom. The molecule has 2 nitrogen and oxygen atoms in total. The minimum absolute atomic E-state index is 0.0670. The van der Waals surface area contributed by atoms with Crippen LogP contribution in [0.3, 0.4) is 0 Å². The molecule has 94 valence electrons. The predicted molar refractivity (Wildman–Crippen MR) is 79.0 cm³/mol. The van der Waals surface area contributed by atoms with Gasteiger partial charge >= 0.3 is 0 Å². The average molecular weight is 444 g/mol. The molecule has 0 spiro atoms. The van der Waals surface area contributed by atoms with Crippen molar-refractivity contribution in [2.45, 2.75) is 0 Å². The Kier molecular flexibility index (Phi) is 4.33. The maximum atomic E-state index is 13.5. The first kappa shape index (κ1) is 13.9. The molecule has 18 heavy (non-hydrogen) atoms. The monoisotopic (exact) mass is 443 g/mol. The average Bonchev–Trinajstić information content (AvgIpc) is 2.70. The molecule has 0 unspecified atom stereocenters. The molecule has 1 aromatic carbocycles. The van der Waals surface area contributed by atoms with Crippen LogP contribution in [0.25, 0.3) is 0 Å². The lowest BCUT2D eigenvalue weighted by atomic mass is 10.2. The molecule has 0 saturated carbocycles. The van der Waals surface area contributed by atoms with E-state index in [0.717, 1.165) is 15.0 Å². The third kappa shape index (κ3) is 3.07. The number of anilines is 1. The second-order valence-corrected chi connectivity index (χ2v) is 7.00. The smallest absolute Gasteiger partial charge is 0.256 e. The van der Waals surface area contributed by atoms with Crippen LogP contribution in [0.5, 0.6) is 0 Å². The van der Waals surface area contributed by atoms with Crippen molar-refractivity contribution in [2.24, 2.45) is 0 Å². The van der Waals surface area contributed by atoms with Gasteiger partial charge in [0.05, 0.1) is 14.1 Å². The zero-order chi connectivity index (χ0) is 13.3. The van der Waals surface area contributed by atoms with Gasteiger partial charge in [0, 0.05) is 15.9 Å². The van der Waals surface area contributed by atoms with Gasteiger partial charge in [-0.1, -0.05) is 0 Å². The molecule has 1 aromatic heterocycles. The van der Waals surface area contributed by atoms with E-state index in [-0.39, 0.29) is 10.2 Å². The fourth-order valence-electron chi connectivity index (χ4n) is 1.28. The second-order valence-electron chi connectivity index (χ2n) is 3.34. The Hall–Kier alpha value is -0.540. The standard InChI is InChI=1S/C11H5BrF2INOS/c12-7-2-6(13)3-8(14)10(7)16-11(17)5-1-9(15)18-4-5/h1-4H,(H,16,17). The molecular weight excluding hydrogens is 439 g/mol. The first-order valence-electron chi connectivity index (χ1n) is 4.67. The first-order valence-corrected chi connectivity index (χ1v) is 7.42. The van der Waals surface area contributed by atoms with E-state index >= 15 is 0 Å². The van der Waals surface area contributed by atoms with Crippen molar-refractivity contribution >= 4 is 61.5 Å². The molecule has 0 fully saturated rings. The summed E-state index contributed by atoms with van der Waals surface area (Å²) in [4.78, 5) is 11.8. The second kappa shape index (κ2) is 5.62. The van der Waals surface area contributed by atoms with Crippen LogP contribution in [-0.2, 0) is 0 Å². The van der Waals surface area contributed by atoms with Crippen LogP contribution >= 0.6 is 49.9 Å². The normalized spacial score (nSPS) is 10.4. The number of carbonyl (C=O) groups excluding carboxylic acids is 1. The summed E-state index contributed by atoms with van der Waals surface area (Å²) in [6, 6.07) is 3.50. The van der Waals surface area contributed by atoms with E-state index in [4.69, 9.17) is 0 Å². The van der Waals surface area contributed by atoms with Crippen molar-refractivity contribution in [1.29, 1.82) is 0 Å². The van der Waals surface area contributed by atoms with Gasteiger partial charge < -0.3 is 5.32 Å². The number of thiophene rings is 1. The van der Waals surface area contributed by atoms with Crippen molar-refractivity contribution in [3.05, 3.63) is 48.1 Å². The molecule has 0 aliphatic carbocycles. The van der Waals surface area contributed by atoms with Crippen LogP contribution in [0, 0.1) is 14.5 Å². The van der Waals surface area contributed by atoms with Gasteiger partial charge in [0.2, 0.25) is 0 Å². The Bertz CT molecular complexity index is 594. The molecule has 1 amide bonds. The van der Waals surface area contributed by atoms with Crippen LogP contribution in [0.4, 0.5) is 14.5 Å². The number of benzene rings is 1. The zero-order valence-electron chi connectivity index (χ0n) is 8.64. The Labute approximate surface area is 128 Å². The number of hydrogen-bond acceptors (Lipinski definition) is 2. The number of carbonyl (C=O) groups is 1. The molecule has 2 rings (SSSR count). The highest BCUT2D eigenvalue weighted by Gasteiger charge is 2.14. The van der Waals surface area contributed by atoms with E-state index in [1.165, 1.54) is 11.3 Å². The van der Waals surface area contributed by atoms with Gasteiger partial charge in [0.15, 0.2) is 5.82 Å². The fourth-order valence-corrected chi connectivity index (χ4v) is 3.11. The lowest BCUT2D eigenvalue weighted by Crippen LogP contribution is -2.12. The summed E-state index contributed by atoms with van der Waals surface area (Å²) in [5.41, 5.74) is 0.377. The summed E-state index contributed by atoms with van der Waals surface area (Å²) in [6.07, 6.45) is 0. The first-order chi connectivity index (χ1) is 8.47. The fraction of sp³-hybridized carbons (Fsp3) is 0. The number of halogens is 4. The van der Waals surface area contributed by atoms with E-state index in [0.29, 0.717) is 5.56 Å². The Balaban J connectivity index is 2.27. The van der Waals surface area contributed by atoms with Gasteiger partial charge in [0.25, 0.3) is 5.91 Å². The lowest BCUT2D eigenvalue weighted by molar-refractivity contribution is 0.102. The van der Waals surface area contributed by atoms with Crippen molar-refractivity contribution in [3.63, 3.8) is 0 Å². The maximum absolute atomic E-state index is 13.5. The van der Waals surface area contributed by atoms with Gasteiger partial charge in [-0.15, -0.1) is 11.3 Å². The largest absolute Gasteiger partial charge is 0.318 e. The topological polar surface area (TPSA) is 29.1 Å². The summed E-state index contributed by atoms with van der Waals surface area (Å²) < 4.78 is 27.5. The number of nitrogens with one attached hydrogen (secondary N) is 1. The van der Waals surface area contributed by atoms with E-state index in [9.17, 15) is 13.6 Å². The predicted octanol–water partition coefficient (Wildman–Crippen LogP) is 4.65. The van der Waals surface area contributed by atoms with Gasteiger partial charge in [-0.3, -0.25) is 4.79 Å². The van der Waals surface area contributed by atoms with Crippen molar-refractivity contribution in [3.8, 4) is 0 Å². The highest BCUT2D eigenvalue weighted by molar-refractivity contribution is 14.1. The van der Waals surface area contributed by atoms with Crippen LogP contribution in [0.15, 0.2) is 28.1 Å². The van der Waals surface area contributed by atoms with Crippen LogP contribution in [0.1, 0.15) is 10.4 Å². The molecule has 7 heteroatoms. The summed E-state index contributed by atoms with van der Waals surface area (Å²) in [5, 5.41) is 4.08. The van der Waals surface area contributed by atoms with E-state index in [2.05, 4.69) is 43.8 Å². The van der Waals surface area contributed by atoms with Crippen molar-refractivity contribution < 1.29 is 13.6 Å². The van der Waals surface area contributed by atoms with Crippen LogP contribution in [-0.4, -0.2) is 5.91 Å². The molecule has 0 saturated heterocycles. The number of rotatable bonds is 2. The molecule has 0 atom stereocenters. The third-order valence-electron chi connectivity index (χ3n) is 2.08. The molecular formula is C11H5BrF2INOS. The van der Waals surface area contributed by atoms with E-state index in [1.807, 2.05) is 0 Å². The SMILES string of the molecule is O=C(Nc1c(F)cc(F)cc1Br)c1csc(I)c1. The van der Waals surface area contributed by atoms with Crippen molar-refractivity contribution in [1.82, 2.24) is 0 Å². The summed E-state index contributed by atoms with van der Waals surface area (Å²) in [7, 11) is 0. The molecule has 1 N–H and O–H groups in total. The quantitative estimate of drug-likeness (QED) is 0.673. The minimum Gasteiger partial charge on any atom is -0.318 e. The van der Waals surface area contributed by atoms with Crippen molar-refractivity contribution in [2.75, 3.05) is 5.32 Å².